The van der Waals surface area contributed by atoms with Gasteiger partial charge in [-0.15, -0.1) is 0 Å². The molecule has 0 radical (unpaired) electrons. The lowest BCUT2D eigenvalue weighted by Crippen LogP contribution is -2.39. The molecule has 1 fully saturated rings. The lowest BCUT2D eigenvalue weighted by molar-refractivity contribution is 0.205. The standard InChI is InChI=1S/C21H30N4O2/c1-4-24-10-8-18(15-24)14-23(2)21(26)22-13-17-9-11-25(16-17)19-6-5-7-20(12-19)27-3/h5-8,10,12,15,17H,4,9,11,13-14,16H2,1-3H3,(H,22,26)/t17-/m1/s1. The highest BCUT2D eigenvalue weighted by atomic mass is 16.5. The summed E-state index contributed by atoms with van der Waals surface area (Å²) < 4.78 is 7.43. The molecule has 2 amide bonds. The molecule has 2 aromatic rings. The van der Waals surface area contributed by atoms with Gasteiger partial charge in [0.25, 0.3) is 0 Å². The molecule has 146 valence electrons. The molecule has 3 rings (SSSR count). The predicted octanol–water partition coefficient (Wildman–Crippen LogP) is 3.18. The first-order chi connectivity index (χ1) is 13.1. The van der Waals surface area contributed by atoms with Crippen LogP contribution in [-0.4, -0.2) is 49.3 Å². The number of amides is 2. The molecule has 1 aromatic carbocycles. The summed E-state index contributed by atoms with van der Waals surface area (Å²) in [6.07, 6.45) is 5.22. The second-order valence-corrected chi connectivity index (χ2v) is 7.19. The van der Waals surface area contributed by atoms with Crippen molar-refractivity contribution in [2.75, 3.05) is 38.7 Å². The SMILES string of the molecule is CCn1ccc(CN(C)C(=O)NC[C@H]2CCN(c3cccc(OC)c3)C2)c1. The van der Waals surface area contributed by atoms with Gasteiger partial charge in [0, 0.05) is 63.9 Å². The van der Waals surface area contributed by atoms with E-state index in [1.54, 1.807) is 12.0 Å². The summed E-state index contributed by atoms with van der Waals surface area (Å²) in [4.78, 5) is 16.5. The number of anilines is 1. The van der Waals surface area contributed by atoms with Crippen LogP contribution in [0.25, 0.3) is 0 Å². The number of carbonyl (C=O) groups excluding carboxylic acids is 1. The van der Waals surface area contributed by atoms with Gasteiger partial charge < -0.3 is 24.4 Å². The molecule has 1 saturated heterocycles. The van der Waals surface area contributed by atoms with Crippen molar-refractivity contribution < 1.29 is 9.53 Å². The predicted molar refractivity (Wildman–Crippen MR) is 108 cm³/mol. The van der Waals surface area contributed by atoms with Crippen molar-refractivity contribution in [3.05, 3.63) is 48.3 Å². The average Bonchev–Trinajstić information content (AvgIpc) is 3.35. The molecule has 1 atom stereocenters. The molecule has 0 spiro atoms. The maximum absolute atomic E-state index is 12.4. The van der Waals surface area contributed by atoms with E-state index in [0.717, 1.165) is 37.4 Å². The third-order valence-corrected chi connectivity index (χ3v) is 5.19. The Morgan fingerprint density at radius 2 is 2.22 bits per heavy atom. The maximum Gasteiger partial charge on any atom is 0.317 e. The average molecular weight is 370 g/mol. The molecule has 1 aliphatic rings. The van der Waals surface area contributed by atoms with Crippen molar-refractivity contribution in [2.24, 2.45) is 5.92 Å². The first-order valence-corrected chi connectivity index (χ1v) is 9.61. The van der Waals surface area contributed by atoms with E-state index >= 15 is 0 Å². The highest BCUT2D eigenvalue weighted by molar-refractivity contribution is 5.73. The molecule has 6 nitrogen and oxygen atoms in total. The van der Waals surface area contributed by atoms with E-state index in [2.05, 4.69) is 46.1 Å². The second kappa shape index (κ2) is 8.84. The Balaban J connectivity index is 1.45. The number of nitrogens with one attached hydrogen (secondary N) is 1. The summed E-state index contributed by atoms with van der Waals surface area (Å²) >= 11 is 0. The highest BCUT2D eigenvalue weighted by Gasteiger charge is 2.23. The Morgan fingerprint density at radius 3 is 2.96 bits per heavy atom. The largest absolute Gasteiger partial charge is 0.497 e. The van der Waals surface area contributed by atoms with Crippen molar-refractivity contribution in [3.8, 4) is 5.75 Å². The van der Waals surface area contributed by atoms with Crippen molar-refractivity contribution in [3.63, 3.8) is 0 Å². The fourth-order valence-corrected chi connectivity index (χ4v) is 3.53. The molecule has 0 aliphatic carbocycles. The number of carbonyl (C=O) groups is 1. The van der Waals surface area contributed by atoms with Crippen LogP contribution in [0, 0.1) is 5.92 Å². The molecule has 0 bridgehead atoms. The minimum Gasteiger partial charge on any atom is -0.497 e. The van der Waals surface area contributed by atoms with E-state index in [9.17, 15) is 4.79 Å². The number of nitrogens with zero attached hydrogens (tertiary/aromatic N) is 3. The Bertz CT molecular complexity index is 758. The van der Waals surface area contributed by atoms with Gasteiger partial charge in [-0.25, -0.2) is 4.79 Å². The van der Waals surface area contributed by atoms with Crippen LogP contribution in [0.5, 0.6) is 5.75 Å². The summed E-state index contributed by atoms with van der Waals surface area (Å²) in [6.45, 7) is 6.35. The van der Waals surface area contributed by atoms with Crippen LogP contribution in [-0.2, 0) is 13.1 Å². The summed E-state index contributed by atoms with van der Waals surface area (Å²) in [5, 5.41) is 3.09. The van der Waals surface area contributed by atoms with Crippen LogP contribution in [0.1, 0.15) is 18.9 Å². The number of benzene rings is 1. The molecule has 0 saturated carbocycles. The van der Waals surface area contributed by atoms with E-state index in [-0.39, 0.29) is 6.03 Å². The van der Waals surface area contributed by atoms with E-state index in [4.69, 9.17) is 4.74 Å². The number of rotatable bonds is 7. The third kappa shape index (κ3) is 4.96. The first kappa shape index (κ1) is 19.1. The van der Waals surface area contributed by atoms with Gasteiger partial charge in [0.2, 0.25) is 0 Å². The molecular weight excluding hydrogens is 340 g/mol. The molecule has 6 heteroatoms. The minimum atomic E-state index is -0.0147. The van der Waals surface area contributed by atoms with Crippen LogP contribution in [0.4, 0.5) is 10.5 Å². The molecule has 1 N–H and O–H groups in total. The van der Waals surface area contributed by atoms with Gasteiger partial charge in [0.05, 0.1) is 7.11 Å². The normalized spacial score (nSPS) is 16.4. The van der Waals surface area contributed by atoms with Gasteiger partial charge in [0.15, 0.2) is 0 Å². The van der Waals surface area contributed by atoms with Gasteiger partial charge in [-0.05, 0) is 43.0 Å². The number of ether oxygens (including phenoxy) is 1. The van der Waals surface area contributed by atoms with Gasteiger partial charge in [0.1, 0.15) is 5.75 Å². The van der Waals surface area contributed by atoms with Gasteiger partial charge in [-0.1, -0.05) is 6.07 Å². The summed E-state index contributed by atoms with van der Waals surface area (Å²) in [5.41, 5.74) is 2.33. The third-order valence-electron chi connectivity index (χ3n) is 5.19. The minimum absolute atomic E-state index is 0.0147. The lowest BCUT2D eigenvalue weighted by atomic mass is 10.1. The van der Waals surface area contributed by atoms with Crippen LogP contribution >= 0.6 is 0 Å². The quantitative estimate of drug-likeness (QED) is 0.814. The zero-order valence-corrected chi connectivity index (χ0v) is 16.5. The molecule has 0 unspecified atom stereocenters. The number of hydrogen-bond acceptors (Lipinski definition) is 3. The first-order valence-electron chi connectivity index (χ1n) is 9.61. The fraction of sp³-hybridized carbons (Fsp3) is 0.476. The van der Waals surface area contributed by atoms with Gasteiger partial charge >= 0.3 is 6.03 Å². The number of aryl methyl sites for hydroxylation is 1. The fourth-order valence-electron chi connectivity index (χ4n) is 3.53. The van der Waals surface area contributed by atoms with Crippen molar-refractivity contribution in [1.29, 1.82) is 0 Å². The smallest absolute Gasteiger partial charge is 0.317 e. The zero-order chi connectivity index (χ0) is 19.2. The molecule has 1 aliphatic heterocycles. The summed E-state index contributed by atoms with van der Waals surface area (Å²) in [7, 11) is 3.53. The highest BCUT2D eigenvalue weighted by Crippen LogP contribution is 2.26. The Labute approximate surface area is 161 Å². The van der Waals surface area contributed by atoms with Crippen LogP contribution < -0.4 is 15.0 Å². The molecule has 2 heterocycles. The van der Waals surface area contributed by atoms with Crippen molar-refractivity contribution in [1.82, 2.24) is 14.8 Å². The number of methoxy groups -OCH3 is 1. The lowest BCUT2D eigenvalue weighted by Gasteiger charge is -2.21. The number of urea groups is 1. The van der Waals surface area contributed by atoms with Crippen molar-refractivity contribution in [2.45, 2.75) is 26.4 Å². The van der Waals surface area contributed by atoms with Crippen LogP contribution in [0.2, 0.25) is 0 Å². The second-order valence-electron chi connectivity index (χ2n) is 7.19. The maximum atomic E-state index is 12.4. The Morgan fingerprint density at radius 1 is 1.37 bits per heavy atom. The topological polar surface area (TPSA) is 49.7 Å². The van der Waals surface area contributed by atoms with E-state index < -0.39 is 0 Å². The zero-order valence-electron chi connectivity index (χ0n) is 16.5. The van der Waals surface area contributed by atoms with Gasteiger partial charge in [-0.3, -0.25) is 0 Å². The van der Waals surface area contributed by atoms with E-state index in [1.165, 1.54) is 5.69 Å². The number of hydrogen-bond donors (Lipinski definition) is 1. The summed E-state index contributed by atoms with van der Waals surface area (Å²) in [5.74, 6) is 1.34. The molecule has 27 heavy (non-hydrogen) atoms. The van der Waals surface area contributed by atoms with Crippen molar-refractivity contribution >= 4 is 11.7 Å². The van der Waals surface area contributed by atoms with Gasteiger partial charge in [-0.2, -0.15) is 0 Å². The number of aromatic nitrogens is 1. The van der Waals surface area contributed by atoms with E-state index in [1.807, 2.05) is 25.4 Å². The van der Waals surface area contributed by atoms with Crippen LogP contribution in [0.3, 0.4) is 0 Å². The summed E-state index contributed by atoms with van der Waals surface area (Å²) in [6, 6.07) is 10.2. The molecular formula is C21H30N4O2. The molecule has 1 aromatic heterocycles. The Hall–Kier alpha value is -2.63. The van der Waals surface area contributed by atoms with E-state index in [0.29, 0.717) is 19.0 Å². The monoisotopic (exact) mass is 370 g/mol. The Kier molecular flexibility index (Phi) is 6.27. The van der Waals surface area contributed by atoms with Crippen LogP contribution in [0.15, 0.2) is 42.7 Å².